The van der Waals surface area contributed by atoms with E-state index in [1.54, 1.807) is 12.1 Å². The number of alkyl halides is 3. The summed E-state index contributed by atoms with van der Waals surface area (Å²) in [6.45, 7) is 6.20. The fourth-order valence-electron chi connectivity index (χ4n) is 2.38. The van der Waals surface area contributed by atoms with Gasteiger partial charge in [0.25, 0.3) is 0 Å². The molecule has 0 heterocycles. The fourth-order valence-corrected chi connectivity index (χ4v) is 2.92. The summed E-state index contributed by atoms with van der Waals surface area (Å²) in [4.78, 5) is 0.238. The molecule has 0 atom stereocenters. The molecule has 112 valence electrons. The second-order valence-electron chi connectivity index (χ2n) is 5.81. The second-order valence-corrected chi connectivity index (χ2v) is 6.95. The summed E-state index contributed by atoms with van der Waals surface area (Å²) in [6.07, 6.45) is 2.55. The quantitative estimate of drug-likeness (QED) is 0.756. The molecule has 0 radical (unpaired) electrons. The van der Waals surface area contributed by atoms with Gasteiger partial charge >= 0.3 is 5.51 Å². The highest BCUT2D eigenvalue weighted by atomic mass is 32.2. The maximum absolute atomic E-state index is 12.2. The molecule has 0 saturated heterocycles. The molecule has 1 N–H and O–H groups in total. The first kappa shape index (κ1) is 15.7. The zero-order valence-electron chi connectivity index (χ0n) is 11.8. The summed E-state index contributed by atoms with van der Waals surface area (Å²) in [5.41, 5.74) is -2.74. The molecule has 1 saturated carbocycles. The summed E-state index contributed by atoms with van der Waals surface area (Å²) >= 11 is -0.0690. The van der Waals surface area contributed by atoms with Crippen molar-refractivity contribution in [2.45, 2.75) is 43.6 Å². The van der Waals surface area contributed by atoms with Gasteiger partial charge < -0.3 is 5.32 Å². The molecule has 0 aromatic heterocycles. The van der Waals surface area contributed by atoms with Crippen molar-refractivity contribution in [1.82, 2.24) is 5.32 Å². The van der Waals surface area contributed by atoms with Crippen molar-refractivity contribution in [2.24, 2.45) is 11.3 Å². The van der Waals surface area contributed by atoms with Crippen LogP contribution in [0.5, 0.6) is 0 Å². The summed E-state index contributed by atoms with van der Waals surface area (Å²) in [6, 6.07) is 6.58. The van der Waals surface area contributed by atoms with Gasteiger partial charge in [-0.05, 0) is 53.6 Å². The van der Waals surface area contributed by atoms with Crippen molar-refractivity contribution >= 4 is 11.8 Å². The topological polar surface area (TPSA) is 12.0 Å². The minimum Gasteiger partial charge on any atom is -0.312 e. The smallest absolute Gasteiger partial charge is 0.312 e. The number of rotatable bonds is 6. The van der Waals surface area contributed by atoms with Crippen LogP contribution in [-0.4, -0.2) is 12.1 Å². The van der Waals surface area contributed by atoms with Crippen molar-refractivity contribution < 1.29 is 13.2 Å². The molecule has 20 heavy (non-hydrogen) atoms. The van der Waals surface area contributed by atoms with Crippen LogP contribution in [0.25, 0.3) is 0 Å². The Hall–Kier alpha value is -0.680. The van der Waals surface area contributed by atoms with Crippen molar-refractivity contribution in [1.29, 1.82) is 0 Å². The maximum Gasteiger partial charge on any atom is 0.446 e. The summed E-state index contributed by atoms with van der Waals surface area (Å²) < 4.78 is 36.6. The van der Waals surface area contributed by atoms with E-state index in [9.17, 15) is 13.2 Å². The monoisotopic (exact) mass is 303 g/mol. The highest BCUT2D eigenvalue weighted by Gasteiger charge is 2.44. The Balaban J connectivity index is 1.79. The number of hydrogen-bond donors (Lipinski definition) is 1. The maximum atomic E-state index is 12.2. The average molecular weight is 303 g/mol. The van der Waals surface area contributed by atoms with Gasteiger partial charge in [-0.3, -0.25) is 0 Å². The van der Waals surface area contributed by atoms with Crippen LogP contribution < -0.4 is 5.32 Å². The molecule has 1 aromatic rings. The highest BCUT2D eigenvalue weighted by Crippen LogP contribution is 2.51. The molecule has 0 aliphatic heterocycles. The SMILES string of the molecule is CC(C)C1(CNCc2ccc(SC(F)(F)F)cc2)CC1. The minimum atomic E-state index is -4.21. The van der Waals surface area contributed by atoms with E-state index in [1.165, 1.54) is 25.0 Å². The Labute approximate surface area is 122 Å². The van der Waals surface area contributed by atoms with Crippen LogP contribution in [0.1, 0.15) is 32.3 Å². The predicted octanol–water partition coefficient (Wildman–Crippen LogP) is 4.82. The normalized spacial score (nSPS) is 17.5. The molecule has 0 unspecified atom stereocenters. The Bertz CT molecular complexity index is 435. The van der Waals surface area contributed by atoms with Crippen LogP contribution >= 0.6 is 11.8 Å². The van der Waals surface area contributed by atoms with E-state index in [4.69, 9.17) is 0 Å². The summed E-state index contributed by atoms with van der Waals surface area (Å²) in [5, 5.41) is 3.42. The molecule has 0 spiro atoms. The number of nitrogens with one attached hydrogen (secondary N) is 1. The third-order valence-electron chi connectivity index (χ3n) is 4.08. The van der Waals surface area contributed by atoms with E-state index in [0.29, 0.717) is 17.9 Å². The number of halogens is 3. The largest absolute Gasteiger partial charge is 0.446 e. The van der Waals surface area contributed by atoms with E-state index in [-0.39, 0.29) is 16.7 Å². The fraction of sp³-hybridized carbons (Fsp3) is 0.600. The summed E-state index contributed by atoms with van der Waals surface area (Å²) in [5.74, 6) is 0.681. The van der Waals surface area contributed by atoms with E-state index < -0.39 is 5.51 Å². The van der Waals surface area contributed by atoms with E-state index in [1.807, 2.05) is 0 Å². The number of benzene rings is 1. The molecule has 1 aliphatic rings. The first-order valence-electron chi connectivity index (χ1n) is 6.86. The zero-order valence-corrected chi connectivity index (χ0v) is 12.6. The Morgan fingerprint density at radius 1 is 1.20 bits per heavy atom. The van der Waals surface area contributed by atoms with Gasteiger partial charge in [0.15, 0.2) is 0 Å². The third kappa shape index (κ3) is 4.42. The lowest BCUT2D eigenvalue weighted by Crippen LogP contribution is -2.27. The van der Waals surface area contributed by atoms with E-state index in [2.05, 4.69) is 19.2 Å². The Morgan fingerprint density at radius 3 is 2.25 bits per heavy atom. The van der Waals surface area contributed by atoms with Gasteiger partial charge in [-0.25, -0.2) is 0 Å². The zero-order chi connectivity index (χ0) is 14.8. The number of thioether (sulfide) groups is 1. The molecular weight excluding hydrogens is 283 g/mol. The molecule has 0 amide bonds. The van der Waals surface area contributed by atoms with Crippen LogP contribution in [0.15, 0.2) is 29.2 Å². The van der Waals surface area contributed by atoms with E-state index >= 15 is 0 Å². The van der Waals surface area contributed by atoms with Crippen molar-refractivity contribution in [3.05, 3.63) is 29.8 Å². The predicted molar refractivity (Wildman–Crippen MR) is 76.6 cm³/mol. The van der Waals surface area contributed by atoms with Crippen LogP contribution in [0, 0.1) is 11.3 Å². The lowest BCUT2D eigenvalue weighted by Gasteiger charge is -2.20. The summed E-state index contributed by atoms with van der Waals surface area (Å²) in [7, 11) is 0. The number of hydrogen-bond acceptors (Lipinski definition) is 2. The van der Waals surface area contributed by atoms with Crippen molar-refractivity contribution in [2.75, 3.05) is 6.54 Å². The molecule has 5 heteroatoms. The van der Waals surface area contributed by atoms with Crippen LogP contribution in [0.3, 0.4) is 0 Å². The molecule has 1 aliphatic carbocycles. The van der Waals surface area contributed by atoms with Gasteiger partial charge in [0.1, 0.15) is 0 Å². The molecular formula is C15H20F3NS. The van der Waals surface area contributed by atoms with Gasteiger partial charge in [-0.15, -0.1) is 0 Å². The van der Waals surface area contributed by atoms with Crippen molar-refractivity contribution in [3.8, 4) is 0 Å². The third-order valence-corrected chi connectivity index (χ3v) is 4.82. The van der Waals surface area contributed by atoms with Gasteiger partial charge in [-0.2, -0.15) is 13.2 Å². The lowest BCUT2D eigenvalue weighted by atomic mass is 9.92. The van der Waals surface area contributed by atoms with Crippen molar-refractivity contribution in [3.63, 3.8) is 0 Å². The Kier molecular flexibility index (Phi) is 4.69. The first-order chi connectivity index (χ1) is 9.31. The standard InChI is InChI=1S/C15H20F3NS/c1-11(2)14(7-8-14)10-19-9-12-3-5-13(6-4-12)20-15(16,17)18/h3-6,11,19H,7-10H2,1-2H3. The highest BCUT2D eigenvalue weighted by molar-refractivity contribution is 8.00. The van der Waals surface area contributed by atoms with E-state index in [0.717, 1.165) is 12.1 Å². The average Bonchev–Trinajstić information content (AvgIpc) is 3.11. The minimum absolute atomic E-state index is 0.0690. The molecule has 0 bridgehead atoms. The Morgan fingerprint density at radius 2 is 1.80 bits per heavy atom. The molecule has 1 nitrogen and oxygen atoms in total. The van der Waals surface area contributed by atoms with Gasteiger partial charge in [0.2, 0.25) is 0 Å². The van der Waals surface area contributed by atoms with Gasteiger partial charge in [0.05, 0.1) is 0 Å². The van der Waals surface area contributed by atoms with Gasteiger partial charge in [-0.1, -0.05) is 26.0 Å². The van der Waals surface area contributed by atoms with Crippen LogP contribution in [0.4, 0.5) is 13.2 Å². The molecule has 1 fully saturated rings. The van der Waals surface area contributed by atoms with Crippen LogP contribution in [-0.2, 0) is 6.54 Å². The molecule has 2 rings (SSSR count). The lowest BCUT2D eigenvalue weighted by molar-refractivity contribution is -0.0328. The van der Waals surface area contributed by atoms with Crippen LogP contribution in [0.2, 0.25) is 0 Å². The van der Waals surface area contributed by atoms with Gasteiger partial charge in [0, 0.05) is 18.0 Å². The second kappa shape index (κ2) is 5.98. The molecule has 1 aromatic carbocycles. The first-order valence-corrected chi connectivity index (χ1v) is 7.68.